The molecule has 0 spiro atoms. The zero-order valence-electron chi connectivity index (χ0n) is 8.58. The Morgan fingerprint density at radius 3 is 2.33 bits per heavy atom. The van der Waals surface area contributed by atoms with Crippen LogP contribution in [0.5, 0.6) is 0 Å². The first-order chi connectivity index (χ1) is 7.24. The van der Waals surface area contributed by atoms with Crippen molar-refractivity contribution in [2.75, 3.05) is 7.05 Å². The second-order valence-corrected chi connectivity index (χ2v) is 6.07. The fourth-order valence-electron chi connectivity index (χ4n) is 1.57. The van der Waals surface area contributed by atoms with Crippen LogP contribution in [0.15, 0.2) is 27.4 Å². The number of hydrogen-bond acceptors (Lipinski definition) is 3. The van der Waals surface area contributed by atoms with Crippen molar-refractivity contribution in [1.29, 1.82) is 0 Å². The van der Waals surface area contributed by atoms with Gasteiger partial charge in [-0.05, 0) is 58.4 Å². The minimum absolute atomic E-state index is 0.319. The van der Waals surface area contributed by atoms with Gasteiger partial charge in [0.05, 0.1) is 6.04 Å². The summed E-state index contributed by atoms with van der Waals surface area (Å²) in [7, 11) is 2.01. The topological polar surface area (TPSA) is 12.0 Å². The lowest BCUT2D eigenvalue weighted by Crippen LogP contribution is -2.16. The lowest BCUT2D eigenvalue weighted by atomic mass is 10.1. The normalized spacial score (nSPS) is 13.0. The molecule has 80 valence electrons. The maximum Gasteiger partial charge on any atom is 0.0776 e. The summed E-state index contributed by atoms with van der Waals surface area (Å²) in [6.07, 6.45) is 0. The highest BCUT2D eigenvalue weighted by molar-refractivity contribution is 9.10. The summed E-state index contributed by atoms with van der Waals surface area (Å²) in [4.78, 5) is 2.75. The average molecular weight is 302 g/mol. The molecule has 1 N–H and O–H groups in total. The van der Waals surface area contributed by atoms with E-state index in [-0.39, 0.29) is 0 Å². The molecule has 2 rings (SSSR count). The summed E-state index contributed by atoms with van der Waals surface area (Å²) in [5, 5.41) is 7.65. The van der Waals surface area contributed by atoms with Crippen molar-refractivity contribution in [2.24, 2.45) is 0 Å². The first-order valence-corrected chi connectivity index (χ1v) is 7.23. The number of thiophene rings is 2. The molecular formula is C11H12BrNS2. The molecule has 2 aromatic heterocycles. The zero-order valence-corrected chi connectivity index (χ0v) is 11.8. The molecule has 1 nitrogen and oxygen atoms in total. The molecule has 0 saturated carbocycles. The quantitative estimate of drug-likeness (QED) is 0.896. The molecular weight excluding hydrogens is 290 g/mol. The number of aryl methyl sites for hydroxylation is 1. The van der Waals surface area contributed by atoms with E-state index < -0.39 is 0 Å². The minimum atomic E-state index is 0.319. The third-order valence-corrected chi connectivity index (χ3v) is 5.38. The summed E-state index contributed by atoms with van der Waals surface area (Å²) >= 11 is 7.19. The third-order valence-electron chi connectivity index (χ3n) is 2.36. The van der Waals surface area contributed by atoms with Gasteiger partial charge in [0.15, 0.2) is 0 Å². The standard InChI is InChI=1S/C11H12BrNS2/c1-7-3-5-14-10(7)9(13-2)11-8(12)4-6-15-11/h3-6,9,13H,1-2H3. The maximum atomic E-state index is 3.59. The van der Waals surface area contributed by atoms with Gasteiger partial charge >= 0.3 is 0 Å². The number of nitrogens with one attached hydrogen (secondary N) is 1. The van der Waals surface area contributed by atoms with Crippen LogP contribution in [-0.2, 0) is 0 Å². The lowest BCUT2D eigenvalue weighted by Gasteiger charge is -2.14. The van der Waals surface area contributed by atoms with E-state index in [1.165, 1.54) is 19.8 Å². The highest BCUT2D eigenvalue weighted by atomic mass is 79.9. The monoisotopic (exact) mass is 301 g/mol. The van der Waals surface area contributed by atoms with Crippen LogP contribution in [0.2, 0.25) is 0 Å². The van der Waals surface area contributed by atoms with Crippen LogP contribution in [0.25, 0.3) is 0 Å². The van der Waals surface area contributed by atoms with Crippen LogP contribution in [-0.4, -0.2) is 7.05 Å². The first kappa shape index (κ1) is 11.3. The molecule has 0 fully saturated rings. The molecule has 15 heavy (non-hydrogen) atoms. The Labute approximate surface area is 106 Å². The van der Waals surface area contributed by atoms with E-state index in [1.54, 1.807) is 11.3 Å². The van der Waals surface area contributed by atoms with Crippen molar-refractivity contribution >= 4 is 38.6 Å². The molecule has 0 aromatic carbocycles. The predicted molar refractivity (Wildman–Crippen MR) is 72.0 cm³/mol. The van der Waals surface area contributed by atoms with Crippen molar-refractivity contribution in [1.82, 2.24) is 5.32 Å². The molecule has 0 aliphatic heterocycles. The molecule has 1 unspecified atom stereocenters. The first-order valence-electron chi connectivity index (χ1n) is 4.68. The number of hydrogen-bond donors (Lipinski definition) is 1. The van der Waals surface area contributed by atoms with E-state index in [2.05, 4.69) is 51.1 Å². The van der Waals surface area contributed by atoms with Crippen LogP contribution in [0, 0.1) is 6.92 Å². The van der Waals surface area contributed by atoms with Gasteiger partial charge in [0.1, 0.15) is 0 Å². The van der Waals surface area contributed by atoms with Gasteiger partial charge in [0.25, 0.3) is 0 Å². The van der Waals surface area contributed by atoms with E-state index in [4.69, 9.17) is 0 Å². The van der Waals surface area contributed by atoms with Gasteiger partial charge < -0.3 is 5.32 Å². The number of halogens is 1. The van der Waals surface area contributed by atoms with Gasteiger partial charge in [-0.15, -0.1) is 22.7 Å². The van der Waals surface area contributed by atoms with Crippen LogP contribution < -0.4 is 5.32 Å². The summed E-state index contributed by atoms with van der Waals surface area (Å²) in [6, 6.07) is 4.60. The Kier molecular flexibility index (Phi) is 3.61. The highest BCUT2D eigenvalue weighted by Gasteiger charge is 2.18. The molecule has 0 aliphatic rings. The maximum absolute atomic E-state index is 3.59. The Morgan fingerprint density at radius 1 is 1.20 bits per heavy atom. The van der Waals surface area contributed by atoms with Gasteiger partial charge in [-0.25, -0.2) is 0 Å². The molecule has 1 atom stereocenters. The zero-order chi connectivity index (χ0) is 10.8. The second kappa shape index (κ2) is 4.78. The van der Waals surface area contributed by atoms with Crippen LogP contribution in [0.4, 0.5) is 0 Å². The Balaban J connectivity index is 2.41. The van der Waals surface area contributed by atoms with Crippen LogP contribution in [0.1, 0.15) is 21.4 Å². The predicted octanol–water partition coefficient (Wildman–Crippen LogP) is 4.19. The number of rotatable bonds is 3. The second-order valence-electron chi connectivity index (χ2n) is 3.32. The van der Waals surface area contributed by atoms with Crippen molar-refractivity contribution in [3.63, 3.8) is 0 Å². The Bertz CT molecular complexity index is 407. The van der Waals surface area contributed by atoms with E-state index >= 15 is 0 Å². The fourth-order valence-corrected chi connectivity index (χ4v) is 4.41. The molecule has 2 heterocycles. The van der Waals surface area contributed by atoms with Crippen LogP contribution in [0.3, 0.4) is 0 Å². The summed E-state index contributed by atoms with van der Waals surface area (Å²) in [5.41, 5.74) is 1.36. The van der Waals surface area contributed by atoms with Crippen molar-refractivity contribution < 1.29 is 0 Å². The summed E-state index contributed by atoms with van der Waals surface area (Å²) in [6.45, 7) is 2.16. The van der Waals surface area contributed by atoms with E-state index in [1.807, 2.05) is 18.4 Å². The molecule has 0 saturated heterocycles. The minimum Gasteiger partial charge on any atom is -0.308 e. The van der Waals surface area contributed by atoms with Gasteiger partial charge in [-0.2, -0.15) is 0 Å². The lowest BCUT2D eigenvalue weighted by molar-refractivity contribution is 0.710. The van der Waals surface area contributed by atoms with Gasteiger partial charge in [0.2, 0.25) is 0 Å². The van der Waals surface area contributed by atoms with E-state index in [0.717, 1.165) is 0 Å². The largest absolute Gasteiger partial charge is 0.308 e. The van der Waals surface area contributed by atoms with Gasteiger partial charge in [-0.3, -0.25) is 0 Å². The Hall–Kier alpha value is -0.160. The fraction of sp³-hybridized carbons (Fsp3) is 0.273. The third kappa shape index (κ3) is 2.18. The molecule has 0 radical (unpaired) electrons. The molecule has 4 heteroatoms. The smallest absolute Gasteiger partial charge is 0.0776 e. The van der Waals surface area contributed by atoms with Crippen molar-refractivity contribution in [3.8, 4) is 0 Å². The SMILES string of the molecule is CNC(c1sccc1C)c1sccc1Br. The van der Waals surface area contributed by atoms with Crippen molar-refractivity contribution in [2.45, 2.75) is 13.0 Å². The summed E-state index contributed by atoms with van der Waals surface area (Å²) in [5.74, 6) is 0. The Morgan fingerprint density at radius 2 is 1.87 bits per heavy atom. The molecule has 2 aromatic rings. The average Bonchev–Trinajstić information content (AvgIpc) is 2.80. The highest BCUT2D eigenvalue weighted by Crippen LogP contribution is 2.36. The molecule has 0 aliphatic carbocycles. The van der Waals surface area contributed by atoms with Gasteiger partial charge in [0, 0.05) is 14.2 Å². The molecule has 0 amide bonds. The van der Waals surface area contributed by atoms with Crippen molar-refractivity contribution in [3.05, 3.63) is 42.7 Å². The van der Waals surface area contributed by atoms with E-state index in [0.29, 0.717) is 6.04 Å². The van der Waals surface area contributed by atoms with E-state index in [9.17, 15) is 0 Å². The summed E-state index contributed by atoms with van der Waals surface area (Å²) < 4.78 is 1.19. The molecule has 0 bridgehead atoms. The van der Waals surface area contributed by atoms with Crippen LogP contribution >= 0.6 is 38.6 Å². The van der Waals surface area contributed by atoms with Gasteiger partial charge in [-0.1, -0.05) is 0 Å².